The van der Waals surface area contributed by atoms with Crippen molar-refractivity contribution in [1.29, 1.82) is 0 Å². The molecule has 1 N–H and O–H groups in total. The number of ether oxygens (including phenoxy) is 2. The van der Waals surface area contributed by atoms with Crippen LogP contribution in [0.4, 0.5) is 0 Å². The first-order valence-electron chi connectivity index (χ1n) is 11.5. The van der Waals surface area contributed by atoms with Crippen LogP contribution in [-0.4, -0.2) is 24.1 Å². The number of hydrogen-bond donors (Lipinski definition) is 1. The van der Waals surface area contributed by atoms with Crippen LogP contribution in [0.1, 0.15) is 15.9 Å². The molecule has 0 saturated heterocycles. The first-order valence-corrected chi connectivity index (χ1v) is 11.5. The summed E-state index contributed by atoms with van der Waals surface area (Å²) in [7, 11) is 0. The molecule has 6 rings (SSSR count). The second-order valence-electron chi connectivity index (χ2n) is 8.49. The summed E-state index contributed by atoms with van der Waals surface area (Å²) < 4.78 is 11.9. The first kappa shape index (κ1) is 21.0. The molecule has 0 bridgehead atoms. The predicted molar refractivity (Wildman–Crippen MR) is 139 cm³/mol. The van der Waals surface area contributed by atoms with Crippen LogP contribution in [0.2, 0.25) is 0 Å². The summed E-state index contributed by atoms with van der Waals surface area (Å²) in [6.45, 7) is 0.642. The van der Waals surface area contributed by atoms with Gasteiger partial charge in [-0.3, -0.25) is 4.79 Å². The summed E-state index contributed by atoms with van der Waals surface area (Å²) in [4.78, 5) is 12.6. The van der Waals surface area contributed by atoms with Gasteiger partial charge in [0.2, 0.25) is 0 Å². The van der Waals surface area contributed by atoms with E-state index >= 15 is 0 Å². The van der Waals surface area contributed by atoms with E-state index < -0.39 is 0 Å². The summed E-state index contributed by atoms with van der Waals surface area (Å²) >= 11 is 0. The SMILES string of the molecule is O=C(c1ccccc1)c1ccc(OCCOc2ccc3ccc4cccc5ccc2c3c45)cc1O. The molecule has 0 aromatic heterocycles. The summed E-state index contributed by atoms with van der Waals surface area (Å²) in [5.74, 6) is 0.952. The van der Waals surface area contributed by atoms with Gasteiger partial charge in [-0.05, 0) is 45.8 Å². The van der Waals surface area contributed by atoms with Gasteiger partial charge in [-0.2, -0.15) is 0 Å². The van der Waals surface area contributed by atoms with Gasteiger partial charge in [-0.15, -0.1) is 0 Å². The molecule has 170 valence electrons. The Labute approximate surface area is 202 Å². The maximum absolute atomic E-state index is 12.6. The standard InChI is InChI=1S/C31H22O4/c32-27-19-24(13-15-25(27)31(33)23-5-2-1-3-6-23)34-17-18-35-28-16-12-22-10-9-20-7-4-8-21-11-14-26(28)30(22)29(20)21/h1-16,19,32H,17-18H2. The molecule has 0 aliphatic rings. The quantitative estimate of drug-likeness (QED) is 0.159. The van der Waals surface area contributed by atoms with Gasteiger partial charge in [0.05, 0.1) is 5.56 Å². The second-order valence-corrected chi connectivity index (χ2v) is 8.49. The van der Waals surface area contributed by atoms with Crippen LogP contribution in [0.25, 0.3) is 32.3 Å². The first-order chi connectivity index (χ1) is 17.2. The van der Waals surface area contributed by atoms with Crippen molar-refractivity contribution >= 4 is 38.1 Å². The van der Waals surface area contributed by atoms with Crippen molar-refractivity contribution in [1.82, 2.24) is 0 Å². The van der Waals surface area contributed by atoms with Crippen molar-refractivity contribution in [3.63, 3.8) is 0 Å². The Morgan fingerprint density at radius 1 is 0.657 bits per heavy atom. The normalized spacial score (nSPS) is 11.3. The van der Waals surface area contributed by atoms with E-state index in [2.05, 4.69) is 48.5 Å². The zero-order valence-corrected chi connectivity index (χ0v) is 18.9. The molecular weight excluding hydrogens is 436 g/mol. The average molecular weight is 459 g/mol. The largest absolute Gasteiger partial charge is 0.507 e. The highest BCUT2D eigenvalue weighted by Gasteiger charge is 2.14. The van der Waals surface area contributed by atoms with Gasteiger partial charge in [0, 0.05) is 22.4 Å². The van der Waals surface area contributed by atoms with Crippen molar-refractivity contribution in [2.45, 2.75) is 0 Å². The van der Waals surface area contributed by atoms with Gasteiger partial charge < -0.3 is 14.6 Å². The van der Waals surface area contributed by atoms with Crippen LogP contribution in [0.5, 0.6) is 17.2 Å². The number of phenols is 1. The van der Waals surface area contributed by atoms with Gasteiger partial charge in [0.25, 0.3) is 0 Å². The monoisotopic (exact) mass is 458 g/mol. The van der Waals surface area contributed by atoms with Crippen molar-refractivity contribution in [3.8, 4) is 17.2 Å². The topological polar surface area (TPSA) is 55.8 Å². The van der Waals surface area contributed by atoms with Crippen molar-refractivity contribution < 1.29 is 19.4 Å². The Morgan fingerprint density at radius 3 is 2.11 bits per heavy atom. The Kier molecular flexibility index (Phi) is 5.19. The number of rotatable bonds is 7. The van der Waals surface area contributed by atoms with E-state index in [1.807, 2.05) is 12.1 Å². The highest BCUT2D eigenvalue weighted by Crippen LogP contribution is 2.38. The molecule has 0 aliphatic carbocycles. The van der Waals surface area contributed by atoms with Crippen LogP contribution >= 0.6 is 0 Å². The van der Waals surface area contributed by atoms with Crippen LogP contribution in [-0.2, 0) is 0 Å². The molecule has 0 radical (unpaired) electrons. The lowest BCUT2D eigenvalue weighted by Crippen LogP contribution is -2.09. The lowest BCUT2D eigenvalue weighted by Gasteiger charge is -2.15. The van der Waals surface area contributed by atoms with Crippen molar-refractivity contribution in [2.75, 3.05) is 13.2 Å². The van der Waals surface area contributed by atoms with Gasteiger partial charge in [-0.25, -0.2) is 0 Å². The van der Waals surface area contributed by atoms with Crippen molar-refractivity contribution in [2.24, 2.45) is 0 Å². The fourth-order valence-corrected chi connectivity index (χ4v) is 4.68. The highest BCUT2D eigenvalue weighted by molar-refractivity contribution is 6.24. The van der Waals surface area contributed by atoms with Crippen molar-refractivity contribution in [3.05, 3.63) is 114 Å². The summed E-state index contributed by atoms with van der Waals surface area (Å²) in [5.41, 5.74) is 0.770. The zero-order valence-electron chi connectivity index (χ0n) is 18.9. The van der Waals surface area contributed by atoms with E-state index in [1.165, 1.54) is 33.0 Å². The number of carbonyl (C=O) groups is 1. The highest BCUT2D eigenvalue weighted by atomic mass is 16.5. The van der Waals surface area contributed by atoms with E-state index in [-0.39, 0.29) is 17.1 Å². The molecule has 0 atom stereocenters. The zero-order chi connectivity index (χ0) is 23.8. The Hall–Kier alpha value is -4.57. The van der Waals surface area contributed by atoms with E-state index in [4.69, 9.17) is 9.47 Å². The fraction of sp³-hybridized carbons (Fsp3) is 0.0645. The number of aromatic hydroxyl groups is 1. The lowest BCUT2D eigenvalue weighted by molar-refractivity contribution is 0.103. The van der Waals surface area contributed by atoms with Gasteiger partial charge in [0.15, 0.2) is 5.78 Å². The Morgan fingerprint density at radius 2 is 1.34 bits per heavy atom. The van der Waals surface area contributed by atoms with Crippen LogP contribution in [0.3, 0.4) is 0 Å². The number of hydrogen-bond acceptors (Lipinski definition) is 4. The van der Waals surface area contributed by atoms with E-state index in [9.17, 15) is 9.90 Å². The molecule has 0 unspecified atom stereocenters. The fourth-order valence-electron chi connectivity index (χ4n) is 4.68. The Bertz CT molecular complexity index is 1660. The molecule has 0 saturated carbocycles. The third kappa shape index (κ3) is 3.79. The van der Waals surface area contributed by atoms with E-state index in [0.29, 0.717) is 24.5 Å². The molecule has 0 heterocycles. The van der Waals surface area contributed by atoms with Crippen LogP contribution in [0.15, 0.2) is 103 Å². The number of ketones is 1. The number of benzene rings is 6. The molecule has 0 spiro atoms. The molecule has 4 heteroatoms. The Balaban J connectivity index is 1.16. The molecule has 4 nitrogen and oxygen atoms in total. The van der Waals surface area contributed by atoms with Gasteiger partial charge in [-0.1, -0.05) is 72.8 Å². The number of phenolic OH excluding ortho intramolecular Hbond substituents is 1. The summed E-state index contributed by atoms with van der Waals surface area (Å²) in [6.07, 6.45) is 0. The maximum atomic E-state index is 12.6. The third-order valence-corrected chi connectivity index (χ3v) is 6.35. The molecule has 6 aromatic rings. The average Bonchev–Trinajstić information content (AvgIpc) is 2.90. The molecule has 35 heavy (non-hydrogen) atoms. The molecule has 0 amide bonds. The molecule has 0 fully saturated rings. The minimum atomic E-state index is -0.230. The summed E-state index contributed by atoms with van der Waals surface area (Å²) in [6, 6.07) is 32.6. The predicted octanol–water partition coefficient (Wildman–Crippen LogP) is 6.98. The lowest BCUT2D eigenvalue weighted by atomic mass is 9.94. The third-order valence-electron chi connectivity index (χ3n) is 6.35. The minimum absolute atomic E-state index is 0.107. The molecule has 0 aliphatic heterocycles. The molecular formula is C31H22O4. The summed E-state index contributed by atoms with van der Waals surface area (Å²) in [5, 5.41) is 17.5. The second kappa shape index (κ2) is 8.65. The smallest absolute Gasteiger partial charge is 0.196 e. The van der Waals surface area contributed by atoms with Crippen LogP contribution < -0.4 is 9.47 Å². The van der Waals surface area contributed by atoms with Gasteiger partial charge >= 0.3 is 0 Å². The number of carbonyl (C=O) groups excluding carboxylic acids is 1. The minimum Gasteiger partial charge on any atom is -0.507 e. The maximum Gasteiger partial charge on any atom is 0.196 e. The van der Waals surface area contributed by atoms with Crippen LogP contribution in [0, 0.1) is 0 Å². The van der Waals surface area contributed by atoms with Gasteiger partial charge in [0.1, 0.15) is 30.5 Å². The van der Waals surface area contributed by atoms with E-state index in [0.717, 1.165) is 11.1 Å². The van der Waals surface area contributed by atoms with E-state index in [1.54, 1.807) is 36.4 Å². The molecule has 6 aromatic carbocycles.